The lowest BCUT2D eigenvalue weighted by molar-refractivity contribution is 0.756. The summed E-state index contributed by atoms with van der Waals surface area (Å²) in [5.41, 5.74) is 5.40. The molecule has 0 bridgehead atoms. The first kappa shape index (κ1) is 10.7. The van der Waals surface area contributed by atoms with Crippen LogP contribution in [0.3, 0.4) is 0 Å². The molecule has 1 aliphatic heterocycles. The maximum Gasteiger partial charge on any atom is 0.0456 e. The fraction of sp³-hybridized carbons (Fsp3) is 0.176. The zero-order valence-electron chi connectivity index (χ0n) is 10.7. The number of fused-ring (bicyclic) bond motifs is 2. The fourth-order valence-corrected chi connectivity index (χ4v) is 3.11. The first-order valence-electron chi connectivity index (χ1n) is 6.79. The standard InChI is InChI=1S/C17H16N2/c1-3-7-16-14(5-1)12(10-18-16)9-13-11-19-17-8-4-2-6-15(13)17/h1-8,10,13,18-19H,9,11H2. The molecule has 1 atom stereocenters. The van der Waals surface area contributed by atoms with Crippen molar-refractivity contribution in [2.75, 3.05) is 11.9 Å². The van der Waals surface area contributed by atoms with Crippen LogP contribution in [-0.4, -0.2) is 11.5 Å². The summed E-state index contributed by atoms with van der Waals surface area (Å²) in [6.45, 7) is 1.04. The highest BCUT2D eigenvalue weighted by Crippen LogP contribution is 2.34. The van der Waals surface area contributed by atoms with Crippen molar-refractivity contribution in [1.29, 1.82) is 0 Å². The van der Waals surface area contributed by atoms with Gasteiger partial charge in [0.1, 0.15) is 0 Å². The van der Waals surface area contributed by atoms with Crippen molar-refractivity contribution in [1.82, 2.24) is 4.98 Å². The number of nitrogens with one attached hydrogen (secondary N) is 2. The molecule has 1 aliphatic rings. The number of hydrogen-bond donors (Lipinski definition) is 2. The molecule has 1 aromatic heterocycles. The number of benzene rings is 2. The maximum atomic E-state index is 3.50. The van der Waals surface area contributed by atoms with Crippen LogP contribution in [-0.2, 0) is 6.42 Å². The van der Waals surface area contributed by atoms with Crippen LogP contribution in [0.25, 0.3) is 10.9 Å². The number of H-pyrrole nitrogens is 1. The van der Waals surface area contributed by atoms with Crippen molar-refractivity contribution in [3.63, 3.8) is 0 Å². The molecule has 0 radical (unpaired) electrons. The average Bonchev–Trinajstić information content (AvgIpc) is 3.05. The summed E-state index contributed by atoms with van der Waals surface area (Å²) >= 11 is 0. The minimum absolute atomic E-state index is 0.579. The molecule has 0 spiro atoms. The first-order valence-corrected chi connectivity index (χ1v) is 6.79. The van der Waals surface area contributed by atoms with Crippen molar-refractivity contribution >= 4 is 16.6 Å². The molecule has 19 heavy (non-hydrogen) atoms. The van der Waals surface area contributed by atoms with Crippen molar-refractivity contribution < 1.29 is 0 Å². The molecule has 0 saturated heterocycles. The highest BCUT2D eigenvalue weighted by molar-refractivity contribution is 5.83. The highest BCUT2D eigenvalue weighted by atomic mass is 14.9. The molecular weight excluding hydrogens is 232 g/mol. The van der Waals surface area contributed by atoms with Gasteiger partial charge in [0.2, 0.25) is 0 Å². The normalized spacial score (nSPS) is 17.4. The molecule has 0 saturated carbocycles. The highest BCUT2D eigenvalue weighted by Gasteiger charge is 2.22. The second-order valence-corrected chi connectivity index (χ2v) is 5.23. The van der Waals surface area contributed by atoms with Gasteiger partial charge in [-0.25, -0.2) is 0 Å². The smallest absolute Gasteiger partial charge is 0.0456 e. The fourth-order valence-electron chi connectivity index (χ4n) is 3.11. The Morgan fingerprint density at radius 2 is 1.84 bits per heavy atom. The topological polar surface area (TPSA) is 27.8 Å². The monoisotopic (exact) mass is 248 g/mol. The quantitative estimate of drug-likeness (QED) is 0.706. The third-order valence-electron chi connectivity index (χ3n) is 4.08. The predicted molar refractivity (Wildman–Crippen MR) is 79.7 cm³/mol. The second-order valence-electron chi connectivity index (χ2n) is 5.23. The van der Waals surface area contributed by atoms with Crippen LogP contribution < -0.4 is 5.32 Å². The van der Waals surface area contributed by atoms with Crippen molar-refractivity contribution in [3.8, 4) is 0 Å². The van der Waals surface area contributed by atoms with Gasteiger partial charge in [-0.3, -0.25) is 0 Å². The number of rotatable bonds is 2. The van der Waals surface area contributed by atoms with Crippen LogP contribution in [0.1, 0.15) is 17.0 Å². The number of anilines is 1. The summed E-state index contributed by atoms with van der Waals surface area (Å²) in [6, 6.07) is 17.2. The first-order chi connectivity index (χ1) is 9.42. The summed E-state index contributed by atoms with van der Waals surface area (Å²) in [6.07, 6.45) is 3.25. The molecule has 0 amide bonds. The zero-order valence-corrected chi connectivity index (χ0v) is 10.7. The van der Waals surface area contributed by atoms with E-state index >= 15 is 0 Å². The Labute approximate surface area is 112 Å². The molecule has 0 aliphatic carbocycles. The average molecular weight is 248 g/mol. The van der Waals surface area contributed by atoms with E-state index in [4.69, 9.17) is 0 Å². The summed E-state index contributed by atoms with van der Waals surface area (Å²) in [4.78, 5) is 3.37. The molecular formula is C17H16N2. The predicted octanol–water partition coefficient (Wildman–Crippen LogP) is 3.92. The number of para-hydroxylation sites is 2. The molecule has 3 aromatic rings. The van der Waals surface area contributed by atoms with E-state index in [1.165, 1.54) is 27.7 Å². The van der Waals surface area contributed by atoms with E-state index in [-0.39, 0.29) is 0 Å². The molecule has 1 unspecified atom stereocenters. The minimum atomic E-state index is 0.579. The summed E-state index contributed by atoms with van der Waals surface area (Å²) in [5.74, 6) is 0.579. The van der Waals surface area contributed by atoms with Gasteiger partial charge >= 0.3 is 0 Å². The van der Waals surface area contributed by atoms with Crippen molar-refractivity contribution in [2.24, 2.45) is 0 Å². The van der Waals surface area contributed by atoms with Crippen LogP contribution in [0.2, 0.25) is 0 Å². The van der Waals surface area contributed by atoms with Gasteiger partial charge in [0, 0.05) is 35.2 Å². The third kappa shape index (κ3) is 1.72. The molecule has 2 heterocycles. The Morgan fingerprint density at radius 1 is 1.00 bits per heavy atom. The van der Waals surface area contributed by atoms with E-state index in [1.54, 1.807) is 0 Å². The lowest BCUT2D eigenvalue weighted by Gasteiger charge is -2.09. The molecule has 0 fully saturated rings. The van der Waals surface area contributed by atoms with Gasteiger partial charge in [-0.05, 0) is 29.7 Å². The lowest BCUT2D eigenvalue weighted by Crippen LogP contribution is -2.05. The van der Waals surface area contributed by atoms with Crippen LogP contribution in [0, 0.1) is 0 Å². The summed E-state index contributed by atoms with van der Waals surface area (Å²) < 4.78 is 0. The molecule has 2 nitrogen and oxygen atoms in total. The van der Waals surface area contributed by atoms with Crippen LogP contribution in [0.4, 0.5) is 5.69 Å². The zero-order chi connectivity index (χ0) is 12.7. The third-order valence-corrected chi connectivity index (χ3v) is 4.08. The lowest BCUT2D eigenvalue weighted by atomic mass is 9.93. The Morgan fingerprint density at radius 3 is 2.84 bits per heavy atom. The number of aromatic amines is 1. The van der Waals surface area contributed by atoms with Crippen LogP contribution >= 0.6 is 0 Å². The minimum Gasteiger partial charge on any atom is -0.384 e. The van der Waals surface area contributed by atoms with Gasteiger partial charge in [-0.1, -0.05) is 36.4 Å². The second kappa shape index (κ2) is 4.16. The van der Waals surface area contributed by atoms with E-state index < -0.39 is 0 Å². The Hall–Kier alpha value is -2.22. The van der Waals surface area contributed by atoms with E-state index in [0.29, 0.717) is 5.92 Å². The molecule has 4 rings (SSSR count). The summed E-state index contributed by atoms with van der Waals surface area (Å²) in [5, 5.41) is 4.85. The Kier molecular flexibility index (Phi) is 2.34. The van der Waals surface area contributed by atoms with Crippen molar-refractivity contribution in [3.05, 3.63) is 65.9 Å². The van der Waals surface area contributed by atoms with E-state index in [2.05, 4.69) is 65.0 Å². The van der Waals surface area contributed by atoms with Gasteiger partial charge in [0.15, 0.2) is 0 Å². The molecule has 2 N–H and O–H groups in total. The van der Waals surface area contributed by atoms with Crippen LogP contribution in [0.15, 0.2) is 54.7 Å². The maximum absolute atomic E-state index is 3.50. The number of aromatic nitrogens is 1. The Balaban J connectivity index is 1.70. The van der Waals surface area contributed by atoms with Gasteiger partial charge in [0.25, 0.3) is 0 Å². The molecule has 2 aromatic carbocycles. The van der Waals surface area contributed by atoms with Crippen molar-refractivity contribution in [2.45, 2.75) is 12.3 Å². The van der Waals surface area contributed by atoms with E-state index in [0.717, 1.165) is 13.0 Å². The largest absolute Gasteiger partial charge is 0.384 e. The Bertz CT molecular complexity index is 727. The molecule has 2 heteroatoms. The molecule has 94 valence electrons. The SMILES string of the molecule is c1ccc2c(c1)NCC2Cc1c[nH]c2ccccc12. The van der Waals surface area contributed by atoms with E-state index in [1.807, 2.05) is 0 Å². The van der Waals surface area contributed by atoms with Gasteiger partial charge in [0.05, 0.1) is 0 Å². The van der Waals surface area contributed by atoms with Gasteiger partial charge in [-0.2, -0.15) is 0 Å². The van der Waals surface area contributed by atoms with E-state index in [9.17, 15) is 0 Å². The summed E-state index contributed by atoms with van der Waals surface area (Å²) in [7, 11) is 0. The van der Waals surface area contributed by atoms with Gasteiger partial charge in [-0.15, -0.1) is 0 Å². The van der Waals surface area contributed by atoms with Crippen LogP contribution in [0.5, 0.6) is 0 Å². The number of hydrogen-bond acceptors (Lipinski definition) is 1. The van der Waals surface area contributed by atoms with Gasteiger partial charge < -0.3 is 10.3 Å².